The molecule has 26 heavy (non-hydrogen) atoms. The molecular formula is C21H26ClNO3. The van der Waals surface area contributed by atoms with Crippen molar-refractivity contribution in [3.05, 3.63) is 58.6 Å². The average Bonchev–Trinajstić information content (AvgIpc) is 3.16. The van der Waals surface area contributed by atoms with Crippen LogP contribution in [0, 0.1) is 0 Å². The molecule has 0 unspecified atom stereocenters. The van der Waals surface area contributed by atoms with Gasteiger partial charge in [0.25, 0.3) is 0 Å². The van der Waals surface area contributed by atoms with E-state index in [0.717, 1.165) is 48.6 Å². The Balaban J connectivity index is 1.68. The van der Waals surface area contributed by atoms with Crippen molar-refractivity contribution in [3.8, 4) is 11.5 Å². The molecule has 1 heterocycles. The number of hydrogen-bond donors (Lipinski definition) is 1. The van der Waals surface area contributed by atoms with E-state index in [0.29, 0.717) is 30.9 Å². The molecule has 0 radical (unpaired) electrons. The maximum Gasteiger partial charge on any atom is 0.166 e. The fraction of sp³-hybridized carbons (Fsp3) is 0.429. The van der Waals surface area contributed by atoms with E-state index in [1.807, 2.05) is 43.3 Å². The number of benzene rings is 2. The van der Waals surface area contributed by atoms with Gasteiger partial charge in [0, 0.05) is 35.8 Å². The van der Waals surface area contributed by atoms with Crippen LogP contribution in [0.25, 0.3) is 0 Å². The Morgan fingerprint density at radius 3 is 2.73 bits per heavy atom. The van der Waals surface area contributed by atoms with Crippen LogP contribution < -0.4 is 14.8 Å². The third kappa shape index (κ3) is 5.13. The zero-order valence-electron chi connectivity index (χ0n) is 15.2. The standard InChI is InChI=1S/C21H26ClNO3/c1-2-24-20-11-5-8-16(13-23-14-18-9-6-12-25-18)21(20)26-15-17-7-3-4-10-19(17)22/h3-5,7-8,10-11,18,23H,2,6,9,12-15H2,1H3/t18-/m0/s1. The molecule has 1 aliphatic rings. The topological polar surface area (TPSA) is 39.7 Å². The first-order valence-electron chi connectivity index (χ1n) is 9.21. The van der Waals surface area contributed by atoms with E-state index < -0.39 is 0 Å². The molecule has 0 aromatic heterocycles. The van der Waals surface area contributed by atoms with Gasteiger partial charge >= 0.3 is 0 Å². The number of nitrogens with one attached hydrogen (secondary N) is 1. The molecule has 0 amide bonds. The second-order valence-corrected chi connectivity index (χ2v) is 6.73. The van der Waals surface area contributed by atoms with Gasteiger partial charge in [-0.3, -0.25) is 0 Å². The fourth-order valence-corrected chi connectivity index (χ4v) is 3.26. The molecule has 1 N–H and O–H groups in total. The zero-order chi connectivity index (χ0) is 18.2. The largest absolute Gasteiger partial charge is 0.490 e. The van der Waals surface area contributed by atoms with Crippen LogP contribution in [-0.2, 0) is 17.9 Å². The van der Waals surface area contributed by atoms with Crippen LogP contribution in [0.1, 0.15) is 30.9 Å². The SMILES string of the molecule is CCOc1cccc(CNC[C@@H]2CCCO2)c1OCc1ccccc1Cl. The van der Waals surface area contributed by atoms with Crippen molar-refractivity contribution in [2.75, 3.05) is 19.8 Å². The van der Waals surface area contributed by atoms with E-state index in [2.05, 4.69) is 11.4 Å². The Labute approximate surface area is 160 Å². The minimum atomic E-state index is 0.317. The number of hydrogen-bond acceptors (Lipinski definition) is 4. The number of halogens is 1. The molecule has 0 bridgehead atoms. The van der Waals surface area contributed by atoms with Gasteiger partial charge in [-0.15, -0.1) is 0 Å². The van der Waals surface area contributed by atoms with Crippen molar-refractivity contribution in [3.63, 3.8) is 0 Å². The van der Waals surface area contributed by atoms with Crippen molar-refractivity contribution >= 4 is 11.6 Å². The summed E-state index contributed by atoms with van der Waals surface area (Å²) < 4.78 is 17.6. The van der Waals surface area contributed by atoms with Crippen molar-refractivity contribution in [2.24, 2.45) is 0 Å². The van der Waals surface area contributed by atoms with Crippen molar-refractivity contribution in [1.29, 1.82) is 0 Å². The van der Waals surface area contributed by atoms with Crippen molar-refractivity contribution < 1.29 is 14.2 Å². The maximum atomic E-state index is 6.25. The van der Waals surface area contributed by atoms with Gasteiger partial charge in [0.1, 0.15) is 6.61 Å². The molecule has 5 heteroatoms. The van der Waals surface area contributed by atoms with Gasteiger partial charge < -0.3 is 19.5 Å². The lowest BCUT2D eigenvalue weighted by Crippen LogP contribution is -2.26. The lowest BCUT2D eigenvalue weighted by molar-refractivity contribution is 0.110. The third-order valence-electron chi connectivity index (χ3n) is 4.40. The van der Waals surface area contributed by atoms with Crippen molar-refractivity contribution in [2.45, 2.75) is 39.0 Å². The van der Waals surface area contributed by atoms with Gasteiger partial charge in [-0.05, 0) is 31.9 Å². The summed E-state index contributed by atoms with van der Waals surface area (Å²) in [7, 11) is 0. The molecule has 0 spiro atoms. The summed E-state index contributed by atoms with van der Waals surface area (Å²) in [6, 6.07) is 13.7. The first-order chi connectivity index (χ1) is 12.8. The molecule has 140 valence electrons. The molecule has 0 saturated carbocycles. The lowest BCUT2D eigenvalue weighted by Gasteiger charge is -2.17. The Hall–Kier alpha value is -1.75. The molecular weight excluding hydrogens is 350 g/mol. The van der Waals surface area contributed by atoms with Gasteiger partial charge in [0.05, 0.1) is 12.7 Å². The minimum absolute atomic E-state index is 0.317. The predicted octanol–water partition coefficient (Wildman–Crippen LogP) is 4.59. The third-order valence-corrected chi connectivity index (χ3v) is 4.77. The van der Waals surface area contributed by atoms with Crippen LogP contribution in [0.4, 0.5) is 0 Å². The van der Waals surface area contributed by atoms with E-state index >= 15 is 0 Å². The summed E-state index contributed by atoms with van der Waals surface area (Å²) in [5.41, 5.74) is 2.03. The summed E-state index contributed by atoms with van der Waals surface area (Å²) in [6.45, 7) is 5.40. The molecule has 4 nitrogen and oxygen atoms in total. The average molecular weight is 376 g/mol. The summed E-state index contributed by atoms with van der Waals surface area (Å²) in [5.74, 6) is 1.53. The highest BCUT2D eigenvalue weighted by Gasteiger charge is 2.16. The second-order valence-electron chi connectivity index (χ2n) is 6.32. The molecule has 2 aromatic carbocycles. The quantitative estimate of drug-likeness (QED) is 0.696. The molecule has 0 aliphatic carbocycles. The van der Waals surface area contributed by atoms with Crippen LogP contribution in [0.15, 0.2) is 42.5 Å². The zero-order valence-corrected chi connectivity index (χ0v) is 15.9. The van der Waals surface area contributed by atoms with E-state index in [-0.39, 0.29) is 0 Å². The van der Waals surface area contributed by atoms with E-state index in [9.17, 15) is 0 Å². The highest BCUT2D eigenvalue weighted by atomic mass is 35.5. The van der Waals surface area contributed by atoms with Gasteiger partial charge in [-0.2, -0.15) is 0 Å². The van der Waals surface area contributed by atoms with Crippen LogP contribution >= 0.6 is 11.6 Å². The Kier molecular flexibility index (Phi) is 7.18. The van der Waals surface area contributed by atoms with Crippen LogP contribution in [0.2, 0.25) is 5.02 Å². The van der Waals surface area contributed by atoms with E-state index in [1.165, 1.54) is 0 Å². The van der Waals surface area contributed by atoms with Gasteiger partial charge in [-0.1, -0.05) is 41.9 Å². The lowest BCUT2D eigenvalue weighted by atomic mass is 10.1. The van der Waals surface area contributed by atoms with Crippen LogP contribution in [0.5, 0.6) is 11.5 Å². The smallest absolute Gasteiger partial charge is 0.166 e. The second kappa shape index (κ2) is 9.81. The van der Waals surface area contributed by atoms with Gasteiger partial charge in [-0.25, -0.2) is 0 Å². The van der Waals surface area contributed by atoms with Crippen LogP contribution in [-0.4, -0.2) is 25.9 Å². The molecule has 1 aliphatic heterocycles. The Bertz CT molecular complexity index is 701. The fourth-order valence-electron chi connectivity index (χ4n) is 3.07. The summed E-state index contributed by atoms with van der Waals surface area (Å²) in [6.07, 6.45) is 2.60. The molecule has 1 fully saturated rings. The highest BCUT2D eigenvalue weighted by Crippen LogP contribution is 2.32. The first-order valence-corrected chi connectivity index (χ1v) is 9.59. The Morgan fingerprint density at radius 1 is 1.12 bits per heavy atom. The monoisotopic (exact) mass is 375 g/mol. The normalized spacial score (nSPS) is 16.6. The molecule has 2 aromatic rings. The summed E-state index contributed by atoms with van der Waals surface area (Å²) in [4.78, 5) is 0. The van der Waals surface area contributed by atoms with E-state index in [4.69, 9.17) is 25.8 Å². The van der Waals surface area contributed by atoms with Gasteiger partial charge in [0.2, 0.25) is 0 Å². The maximum absolute atomic E-state index is 6.25. The Morgan fingerprint density at radius 2 is 1.96 bits per heavy atom. The number of ether oxygens (including phenoxy) is 3. The van der Waals surface area contributed by atoms with E-state index in [1.54, 1.807) is 0 Å². The highest BCUT2D eigenvalue weighted by molar-refractivity contribution is 6.31. The molecule has 1 saturated heterocycles. The van der Waals surface area contributed by atoms with Crippen LogP contribution in [0.3, 0.4) is 0 Å². The van der Waals surface area contributed by atoms with Gasteiger partial charge in [0.15, 0.2) is 11.5 Å². The summed E-state index contributed by atoms with van der Waals surface area (Å²) in [5, 5.41) is 4.18. The molecule has 3 rings (SSSR count). The summed E-state index contributed by atoms with van der Waals surface area (Å²) >= 11 is 6.25. The number of para-hydroxylation sites is 1. The predicted molar refractivity (Wildman–Crippen MR) is 104 cm³/mol. The molecule has 1 atom stereocenters. The minimum Gasteiger partial charge on any atom is -0.490 e. The number of rotatable bonds is 9. The first kappa shape index (κ1) is 19.0. The van der Waals surface area contributed by atoms with Crippen molar-refractivity contribution in [1.82, 2.24) is 5.32 Å².